The average Bonchev–Trinajstić information content (AvgIpc) is 3.14. The van der Waals surface area contributed by atoms with Crippen molar-refractivity contribution < 1.29 is 19.1 Å². The van der Waals surface area contributed by atoms with Crippen LogP contribution in [0.3, 0.4) is 0 Å². The number of benzene rings is 1. The monoisotopic (exact) mass is 393 g/mol. The number of carbonyl (C=O) groups excluding carboxylic acids is 1. The van der Waals surface area contributed by atoms with E-state index in [9.17, 15) is 14.7 Å². The van der Waals surface area contributed by atoms with E-state index in [1.54, 1.807) is 6.20 Å². The number of fused-ring (bicyclic) bond motifs is 1. The lowest BCUT2D eigenvalue weighted by Crippen LogP contribution is -2.47. The molecule has 0 radical (unpaired) electrons. The molecule has 1 aliphatic rings. The van der Waals surface area contributed by atoms with Crippen LogP contribution in [0.5, 0.6) is 0 Å². The van der Waals surface area contributed by atoms with Crippen LogP contribution in [0.4, 0.5) is 0 Å². The molecule has 1 saturated heterocycles. The molecule has 0 spiro atoms. The zero-order valence-corrected chi connectivity index (χ0v) is 16.0. The van der Waals surface area contributed by atoms with Crippen molar-refractivity contribution in [1.29, 1.82) is 0 Å². The van der Waals surface area contributed by atoms with E-state index in [0.29, 0.717) is 32.6 Å². The SMILES string of the molecule is O=C(O)[C@H]1C[C@@H](C(=O)NCc2ccccn2)CN(Cc2cc3ccccc3o2)C1. The van der Waals surface area contributed by atoms with Gasteiger partial charge in [0.2, 0.25) is 5.91 Å². The van der Waals surface area contributed by atoms with E-state index in [-0.39, 0.29) is 5.91 Å². The van der Waals surface area contributed by atoms with Crippen LogP contribution in [0, 0.1) is 11.8 Å². The lowest BCUT2D eigenvalue weighted by Gasteiger charge is -2.34. The molecule has 0 saturated carbocycles. The number of nitrogens with zero attached hydrogens (tertiary/aromatic N) is 2. The number of hydrogen-bond donors (Lipinski definition) is 2. The third kappa shape index (κ3) is 4.63. The molecule has 1 aliphatic heterocycles. The molecular formula is C22H23N3O4. The Labute approximate surface area is 168 Å². The van der Waals surface area contributed by atoms with Crippen LogP contribution in [-0.4, -0.2) is 40.0 Å². The van der Waals surface area contributed by atoms with Crippen molar-refractivity contribution in [2.24, 2.45) is 11.8 Å². The second-order valence-corrected chi connectivity index (χ2v) is 7.45. The molecule has 29 heavy (non-hydrogen) atoms. The number of amides is 1. The second kappa shape index (κ2) is 8.45. The highest BCUT2D eigenvalue weighted by atomic mass is 16.4. The Morgan fingerprint density at radius 1 is 1.14 bits per heavy atom. The van der Waals surface area contributed by atoms with Gasteiger partial charge < -0.3 is 14.8 Å². The number of para-hydroxylation sites is 1. The molecule has 2 aromatic heterocycles. The summed E-state index contributed by atoms with van der Waals surface area (Å²) in [5, 5.41) is 13.5. The van der Waals surface area contributed by atoms with Gasteiger partial charge in [0.25, 0.3) is 0 Å². The zero-order valence-electron chi connectivity index (χ0n) is 16.0. The molecule has 1 fully saturated rings. The third-order valence-electron chi connectivity index (χ3n) is 5.27. The molecule has 2 atom stereocenters. The number of nitrogens with one attached hydrogen (secondary N) is 1. The summed E-state index contributed by atoms with van der Waals surface area (Å²) in [7, 11) is 0. The van der Waals surface area contributed by atoms with Crippen molar-refractivity contribution in [3.63, 3.8) is 0 Å². The summed E-state index contributed by atoms with van der Waals surface area (Å²) in [5.74, 6) is -1.22. The van der Waals surface area contributed by atoms with Gasteiger partial charge in [0.1, 0.15) is 11.3 Å². The van der Waals surface area contributed by atoms with Crippen molar-refractivity contribution in [1.82, 2.24) is 15.2 Å². The summed E-state index contributed by atoms with van der Waals surface area (Å²) in [5.41, 5.74) is 1.57. The first-order valence-corrected chi connectivity index (χ1v) is 9.68. The standard InChI is InChI=1S/C22H23N3O4/c26-21(24-11-18-6-3-4-8-23-18)16-9-17(22(27)28)13-25(12-16)14-19-10-15-5-1-2-7-20(15)29-19/h1-8,10,16-17H,9,11-14H2,(H,24,26)(H,27,28)/t16-,17+/m1/s1. The fourth-order valence-electron chi connectivity index (χ4n) is 3.85. The van der Waals surface area contributed by atoms with Gasteiger partial charge in [-0.25, -0.2) is 0 Å². The number of carbonyl (C=O) groups is 2. The number of pyridine rings is 1. The number of furan rings is 1. The summed E-state index contributed by atoms with van der Waals surface area (Å²) in [6.45, 7) is 1.70. The van der Waals surface area contributed by atoms with Crippen molar-refractivity contribution in [2.75, 3.05) is 13.1 Å². The summed E-state index contributed by atoms with van der Waals surface area (Å²) in [4.78, 5) is 30.5. The molecule has 7 nitrogen and oxygen atoms in total. The van der Waals surface area contributed by atoms with Crippen LogP contribution < -0.4 is 5.32 Å². The minimum atomic E-state index is -0.873. The highest BCUT2D eigenvalue weighted by Crippen LogP contribution is 2.26. The number of piperidine rings is 1. The predicted molar refractivity (Wildman–Crippen MR) is 107 cm³/mol. The first kappa shape index (κ1) is 19.1. The Kier molecular flexibility index (Phi) is 5.57. The van der Waals surface area contributed by atoms with E-state index in [1.807, 2.05) is 53.4 Å². The molecule has 1 amide bonds. The van der Waals surface area contributed by atoms with Gasteiger partial charge in [-0.15, -0.1) is 0 Å². The van der Waals surface area contributed by atoms with Gasteiger partial charge in [-0.3, -0.25) is 19.5 Å². The van der Waals surface area contributed by atoms with Crippen LogP contribution in [-0.2, 0) is 22.7 Å². The van der Waals surface area contributed by atoms with Crippen molar-refractivity contribution in [3.05, 3.63) is 66.2 Å². The maximum Gasteiger partial charge on any atom is 0.307 e. The first-order valence-electron chi connectivity index (χ1n) is 9.68. The molecule has 4 rings (SSSR count). The minimum Gasteiger partial charge on any atom is -0.481 e. The number of rotatable bonds is 6. The summed E-state index contributed by atoms with van der Waals surface area (Å²) < 4.78 is 5.87. The van der Waals surface area contributed by atoms with Gasteiger partial charge in [-0.1, -0.05) is 24.3 Å². The zero-order chi connectivity index (χ0) is 20.2. The first-order chi connectivity index (χ1) is 14.1. The number of carboxylic acids is 1. The summed E-state index contributed by atoms with van der Waals surface area (Å²) in [6, 6.07) is 15.2. The predicted octanol–water partition coefficient (Wildman–Crippen LogP) is 2.67. The molecule has 0 aliphatic carbocycles. The lowest BCUT2D eigenvalue weighted by molar-refractivity contribution is -0.145. The van der Waals surface area contributed by atoms with Crippen molar-refractivity contribution >= 4 is 22.8 Å². The molecule has 3 aromatic rings. The molecule has 3 heterocycles. The van der Waals surface area contributed by atoms with Crippen LogP contribution in [0.15, 0.2) is 59.1 Å². The lowest BCUT2D eigenvalue weighted by atomic mass is 9.88. The highest BCUT2D eigenvalue weighted by molar-refractivity contribution is 5.80. The Bertz CT molecular complexity index is 968. The van der Waals surface area contributed by atoms with Crippen LogP contribution >= 0.6 is 0 Å². The van der Waals surface area contributed by atoms with E-state index >= 15 is 0 Å². The van der Waals surface area contributed by atoms with Gasteiger partial charge in [0.05, 0.1) is 30.6 Å². The number of aliphatic carboxylic acids is 1. The molecular weight excluding hydrogens is 370 g/mol. The van der Waals surface area contributed by atoms with E-state index in [1.165, 1.54) is 0 Å². The quantitative estimate of drug-likeness (QED) is 0.669. The average molecular weight is 393 g/mol. The second-order valence-electron chi connectivity index (χ2n) is 7.45. The van der Waals surface area contributed by atoms with Crippen LogP contribution in [0.2, 0.25) is 0 Å². The van der Waals surface area contributed by atoms with Gasteiger partial charge in [0, 0.05) is 24.7 Å². The topological polar surface area (TPSA) is 95.7 Å². The molecule has 0 unspecified atom stereocenters. The van der Waals surface area contributed by atoms with E-state index in [2.05, 4.69) is 10.3 Å². The Balaban J connectivity index is 1.43. The Morgan fingerprint density at radius 3 is 2.69 bits per heavy atom. The Hall–Kier alpha value is -3.19. The fourth-order valence-corrected chi connectivity index (χ4v) is 3.85. The maximum atomic E-state index is 12.7. The number of hydrogen-bond acceptors (Lipinski definition) is 5. The van der Waals surface area contributed by atoms with Crippen molar-refractivity contribution in [2.45, 2.75) is 19.5 Å². The molecule has 1 aromatic carbocycles. The summed E-state index contributed by atoms with van der Waals surface area (Å²) >= 11 is 0. The number of carboxylic acid groups (broad SMARTS) is 1. The third-order valence-corrected chi connectivity index (χ3v) is 5.27. The van der Waals surface area contributed by atoms with Gasteiger partial charge >= 0.3 is 5.97 Å². The number of likely N-dealkylation sites (tertiary alicyclic amines) is 1. The van der Waals surface area contributed by atoms with Gasteiger partial charge in [-0.05, 0) is 30.7 Å². The smallest absolute Gasteiger partial charge is 0.307 e. The van der Waals surface area contributed by atoms with Crippen LogP contribution in [0.1, 0.15) is 17.9 Å². The van der Waals surface area contributed by atoms with Crippen LogP contribution in [0.25, 0.3) is 11.0 Å². The molecule has 7 heteroatoms. The maximum absolute atomic E-state index is 12.7. The summed E-state index contributed by atoms with van der Waals surface area (Å²) in [6.07, 6.45) is 2.01. The van der Waals surface area contributed by atoms with Gasteiger partial charge in [0.15, 0.2) is 0 Å². The van der Waals surface area contributed by atoms with E-state index in [4.69, 9.17) is 4.42 Å². The molecule has 2 N–H and O–H groups in total. The number of aromatic nitrogens is 1. The fraction of sp³-hybridized carbons (Fsp3) is 0.318. The Morgan fingerprint density at radius 2 is 1.93 bits per heavy atom. The highest BCUT2D eigenvalue weighted by Gasteiger charge is 2.35. The minimum absolute atomic E-state index is 0.142. The van der Waals surface area contributed by atoms with E-state index < -0.39 is 17.8 Å². The molecule has 150 valence electrons. The van der Waals surface area contributed by atoms with Crippen molar-refractivity contribution in [3.8, 4) is 0 Å². The van der Waals surface area contributed by atoms with Gasteiger partial charge in [-0.2, -0.15) is 0 Å². The largest absolute Gasteiger partial charge is 0.481 e. The molecule has 0 bridgehead atoms. The normalized spacial score (nSPS) is 19.9. The van der Waals surface area contributed by atoms with E-state index in [0.717, 1.165) is 22.4 Å².